The van der Waals surface area contributed by atoms with E-state index in [1.807, 2.05) is 6.92 Å². The largest absolute Gasteiger partial charge is 0.389 e. The molecular weight excluding hydrogens is 186 g/mol. The molecular formula is C13H25NO. The number of rotatable bonds is 5. The average Bonchev–Trinajstić information content (AvgIpc) is 2.15. The molecule has 88 valence electrons. The highest BCUT2D eigenvalue weighted by Crippen LogP contribution is 2.16. The van der Waals surface area contributed by atoms with Crippen LogP contribution in [-0.2, 0) is 0 Å². The van der Waals surface area contributed by atoms with Crippen molar-refractivity contribution in [3.05, 3.63) is 12.2 Å². The van der Waals surface area contributed by atoms with Crippen molar-refractivity contribution < 1.29 is 5.11 Å². The van der Waals surface area contributed by atoms with Gasteiger partial charge in [0.15, 0.2) is 0 Å². The molecule has 15 heavy (non-hydrogen) atoms. The minimum atomic E-state index is -0.570. The molecule has 2 atom stereocenters. The molecule has 0 saturated carbocycles. The van der Waals surface area contributed by atoms with Crippen molar-refractivity contribution in [3.8, 4) is 0 Å². The fourth-order valence-electron chi connectivity index (χ4n) is 2.29. The highest BCUT2D eigenvalue weighted by atomic mass is 16.3. The normalized spacial score (nSPS) is 25.5. The van der Waals surface area contributed by atoms with E-state index in [0.29, 0.717) is 18.5 Å². The standard InChI is InChI=1S/C13H25NO/c1-11(2)9-13(3,15)10-14-12-7-5-4-6-8-12/h5,7,11-12,14-15H,4,6,8-10H2,1-3H3. The van der Waals surface area contributed by atoms with Gasteiger partial charge in [-0.05, 0) is 38.5 Å². The lowest BCUT2D eigenvalue weighted by molar-refractivity contribution is 0.0368. The fraction of sp³-hybridized carbons (Fsp3) is 0.846. The molecule has 0 aliphatic heterocycles. The van der Waals surface area contributed by atoms with Crippen LogP contribution >= 0.6 is 0 Å². The van der Waals surface area contributed by atoms with Crippen molar-refractivity contribution in [1.82, 2.24) is 5.32 Å². The number of allylic oxidation sites excluding steroid dienone is 1. The quantitative estimate of drug-likeness (QED) is 0.685. The van der Waals surface area contributed by atoms with Crippen LogP contribution in [0.1, 0.15) is 46.5 Å². The molecule has 0 amide bonds. The summed E-state index contributed by atoms with van der Waals surface area (Å²) in [5, 5.41) is 13.6. The van der Waals surface area contributed by atoms with Crippen molar-refractivity contribution in [2.45, 2.75) is 58.1 Å². The van der Waals surface area contributed by atoms with Gasteiger partial charge in [-0.15, -0.1) is 0 Å². The Kier molecular flexibility index (Phi) is 4.81. The van der Waals surface area contributed by atoms with E-state index in [0.717, 1.165) is 6.42 Å². The molecule has 0 aromatic heterocycles. The molecule has 2 unspecified atom stereocenters. The van der Waals surface area contributed by atoms with Crippen molar-refractivity contribution in [3.63, 3.8) is 0 Å². The summed E-state index contributed by atoms with van der Waals surface area (Å²) < 4.78 is 0. The van der Waals surface area contributed by atoms with Gasteiger partial charge in [0.25, 0.3) is 0 Å². The van der Waals surface area contributed by atoms with Gasteiger partial charge in [0.2, 0.25) is 0 Å². The summed E-state index contributed by atoms with van der Waals surface area (Å²) in [6, 6.07) is 0.470. The summed E-state index contributed by atoms with van der Waals surface area (Å²) in [7, 11) is 0. The van der Waals surface area contributed by atoms with Crippen molar-refractivity contribution in [2.75, 3.05) is 6.54 Å². The van der Waals surface area contributed by atoms with E-state index in [2.05, 4.69) is 31.3 Å². The highest BCUT2D eigenvalue weighted by molar-refractivity contribution is 4.98. The van der Waals surface area contributed by atoms with E-state index in [1.165, 1.54) is 19.3 Å². The molecule has 0 aromatic carbocycles. The SMILES string of the molecule is CC(C)CC(C)(O)CNC1C=CCCC1. The van der Waals surface area contributed by atoms with Crippen molar-refractivity contribution in [1.29, 1.82) is 0 Å². The van der Waals surface area contributed by atoms with Gasteiger partial charge >= 0.3 is 0 Å². The Morgan fingerprint density at radius 1 is 1.53 bits per heavy atom. The van der Waals surface area contributed by atoms with Gasteiger partial charge in [-0.2, -0.15) is 0 Å². The Bertz CT molecular complexity index is 209. The first-order chi connectivity index (χ1) is 6.99. The van der Waals surface area contributed by atoms with Gasteiger partial charge in [0.1, 0.15) is 0 Å². The minimum absolute atomic E-state index is 0.470. The lowest BCUT2D eigenvalue weighted by atomic mass is 9.93. The molecule has 2 heteroatoms. The Balaban J connectivity index is 2.28. The van der Waals surface area contributed by atoms with E-state index in [9.17, 15) is 5.11 Å². The van der Waals surface area contributed by atoms with Gasteiger partial charge in [-0.1, -0.05) is 26.0 Å². The minimum Gasteiger partial charge on any atom is -0.389 e. The maximum Gasteiger partial charge on any atom is 0.0746 e. The van der Waals surface area contributed by atoms with Crippen molar-refractivity contribution >= 4 is 0 Å². The van der Waals surface area contributed by atoms with Gasteiger partial charge in [-0.25, -0.2) is 0 Å². The van der Waals surface area contributed by atoms with Crippen LogP contribution in [-0.4, -0.2) is 23.3 Å². The third kappa shape index (κ3) is 5.33. The third-order valence-electron chi connectivity index (χ3n) is 2.85. The molecule has 2 N–H and O–H groups in total. The van der Waals surface area contributed by atoms with Crippen LogP contribution in [0, 0.1) is 5.92 Å². The lowest BCUT2D eigenvalue weighted by Crippen LogP contribution is -2.43. The summed E-state index contributed by atoms with van der Waals surface area (Å²) in [6.07, 6.45) is 9.00. The predicted molar refractivity (Wildman–Crippen MR) is 64.9 cm³/mol. The van der Waals surface area contributed by atoms with Crippen LogP contribution in [0.25, 0.3) is 0 Å². The zero-order chi connectivity index (χ0) is 11.3. The van der Waals surface area contributed by atoms with Gasteiger partial charge in [-0.3, -0.25) is 0 Å². The van der Waals surface area contributed by atoms with Crippen LogP contribution in [0.3, 0.4) is 0 Å². The first-order valence-electron chi connectivity index (χ1n) is 6.12. The lowest BCUT2D eigenvalue weighted by Gasteiger charge is -2.28. The second kappa shape index (κ2) is 5.66. The third-order valence-corrected chi connectivity index (χ3v) is 2.85. The second-order valence-electron chi connectivity index (χ2n) is 5.44. The van der Waals surface area contributed by atoms with Crippen molar-refractivity contribution in [2.24, 2.45) is 5.92 Å². The van der Waals surface area contributed by atoms with Crippen LogP contribution in [0.4, 0.5) is 0 Å². The molecule has 1 rings (SSSR count). The Morgan fingerprint density at radius 2 is 2.27 bits per heavy atom. The summed E-state index contributed by atoms with van der Waals surface area (Å²) in [6.45, 7) is 6.91. The van der Waals surface area contributed by atoms with E-state index >= 15 is 0 Å². The van der Waals surface area contributed by atoms with Gasteiger partial charge < -0.3 is 10.4 Å². The van der Waals surface area contributed by atoms with Crippen LogP contribution in [0.15, 0.2) is 12.2 Å². The monoisotopic (exact) mass is 211 g/mol. The summed E-state index contributed by atoms with van der Waals surface area (Å²) in [4.78, 5) is 0. The molecule has 1 aliphatic rings. The number of hydrogen-bond donors (Lipinski definition) is 2. The smallest absolute Gasteiger partial charge is 0.0746 e. The maximum atomic E-state index is 10.1. The number of aliphatic hydroxyl groups is 1. The zero-order valence-electron chi connectivity index (χ0n) is 10.3. The summed E-state index contributed by atoms with van der Waals surface area (Å²) in [5.41, 5.74) is -0.570. The van der Waals surface area contributed by atoms with Crippen LogP contribution < -0.4 is 5.32 Å². The topological polar surface area (TPSA) is 32.3 Å². The van der Waals surface area contributed by atoms with E-state index < -0.39 is 5.60 Å². The molecule has 0 heterocycles. The molecule has 0 radical (unpaired) electrons. The first kappa shape index (κ1) is 12.7. The van der Waals surface area contributed by atoms with Crippen LogP contribution in [0.2, 0.25) is 0 Å². The predicted octanol–water partition coefficient (Wildman–Crippen LogP) is 2.48. The first-order valence-corrected chi connectivity index (χ1v) is 6.12. The molecule has 0 spiro atoms. The van der Waals surface area contributed by atoms with Gasteiger partial charge in [0, 0.05) is 12.6 Å². The molecule has 0 bridgehead atoms. The fourth-order valence-corrected chi connectivity index (χ4v) is 2.29. The molecule has 2 nitrogen and oxygen atoms in total. The maximum absolute atomic E-state index is 10.1. The molecule has 1 aliphatic carbocycles. The second-order valence-corrected chi connectivity index (χ2v) is 5.44. The number of hydrogen-bond acceptors (Lipinski definition) is 2. The zero-order valence-corrected chi connectivity index (χ0v) is 10.3. The van der Waals surface area contributed by atoms with Gasteiger partial charge in [0.05, 0.1) is 5.60 Å². The number of nitrogens with one attached hydrogen (secondary N) is 1. The average molecular weight is 211 g/mol. The highest BCUT2D eigenvalue weighted by Gasteiger charge is 2.22. The summed E-state index contributed by atoms with van der Waals surface area (Å²) in [5.74, 6) is 0.545. The summed E-state index contributed by atoms with van der Waals surface area (Å²) >= 11 is 0. The molecule has 0 aromatic rings. The Labute approximate surface area is 93.8 Å². The Morgan fingerprint density at radius 3 is 2.80 bits per heavy atom. The van der Waals surface area contributed by atoms with Crippen LogP contribution in [0.5, 0.6) is 0 Å². The Hall–Kier alpha value is -0.340. The molecule has 0 fully saturated rings. The van der Waals surface area contributed by atoms with E-state index in [4.69, 9.17) is 0 Å². The van der Waals surface area contributed by atoms with E-state index in [-0.39, 0.29) is 0 Å². The van der Waals surface area contributed by atoms with E-state index in [1.54, 1.807) is 0 Å². The molecule has 0 saturated heterocycles.